The fourth-order valence-electron chi connectivity index (χ4n) is 1.68. The van der Waals surface area contributed by atoms with Gasteiger partial charge in [-0.1, -0.05) is 6.07 Å². The molecule has 0 aliphatic carbocycles. The third-order valence-electron chi connectivity index (χ3n) is 2.34. The first-order valence-corrected chi connectivity index (χ1v) is 5.07. The lowest BCUT2D eigenvalue weighted by Crippen LogP contribution is -2.25. The van der Waals surface area contributed by atoms with Crippen molar-refractivity contribution < 1.29 is 14.3 Å². The number of benzene rings is 1. The zero-order chi connectivity index (χ0) is 11.0. The van der Waals surface area contributed by atoms with E-state index in [1.807, 2.05) is 0 Å². The van der Waals surface area contributed by atoms with Gasteiger partial charge < -0.3 is 10.0 Å². The summed E-state index contributed by atoms with van der Waals surface area (Å²) in [5.74, 6) is -1.02. The number of carbonyl (C=O) groups is 1. The normalized spacial score (nSPS) is 21.1. The monoisotopic (exact) mass is 227 g/mol. The Bertz CT molecular complexity index is 390. The minimum absolute atomic E-state index is 0.0425. The van der Waals surface area contributed by atoms with E-state index in [2.05, 4.69) is 12.6 Å². The number of carbonyl (C=O) groups excluding carboxylic acids is 1. The fraction of sp³-hybridized carbons (Fsp3) is 0.300. The zero-order valence-corrected chi connectivity index (χ0v) is 8.75. The molecule has 2 rings (SSSR count). The number of thiol groups is 1. The predicted octanol–water partition coefficient (Wildman–Crippen LogP) is 1.57. The van der Waals surface area contributed by atoms with Gasteiger partial charge in [0.1, 0.15) is 11.4 Å². The Hall–Kier alpha value is -1.23. The molecule has 1 fully saturated rings. The van der Waals surface area contributed by atoms with Crippen LogP contribution in [0, 0.1) is 5.82 Å². The number of phenolic OH excluding ortho intramolecular Hbond substituents is 1. The Labute approximate surface area is 91.9 Å². The largest absolute Gasteiger partial charge is 0.506 e. The molecule has 1 atom stereocenters. The number of nitrogens with zero attached hydrogens (tertiary/aromatic N) is 1. The molecule has 3 nitrogen and oxygen atoms in total. The van der Waals surface area contributed by atoms with Crippen LogP contribution in [0.2, 0.25) is 0 Å². The Morgan fingerprint density at radius 3 is 2.80 bits per heavy atom. The van der Waals surface area contributed by atoms with E-state index in [0.29, 0.717) is 6.54 Å². The van der Waals surface area contributed by atoms with E-state index in [1.165, 1.54) is 23.1 Å². The van der Waals surface area contributed by atoms with Crippen LogP contribution in [0.3, 0.4) is 0 Å². The van der Waals surface area contributed by atoms with Crippen molar-refractivity contribution in [2.45, 2.75) is 11.7 Å². The van der Waals surface area contributed by atoms with E-state index in [4.69, 9.17) is 0 Å². The van der Waals surface area contributed by atoms with Crippen molar-refractivity contribution in [3.05, 3.63) is 24.0 Å². The first-order valence-electron chi connectivity index (χ1n) is 4.55. The van der Waals surface area contributed by atoms with Gasteiger partial charge in [0.25, 0.3) is 0 Å². The maximum Gasteiger partial charge on any atom is 0.228 e. The van der Waals surface area contributed by atoms with Crippen LogP contribution in [0.25, 0.3) is 0 Å². The molecular weight excluding hydrogens is 217 g/mol. The highest BCUT2D eigenvalue weighted by Crippen LogP contribution is 2.33. The number of phenols is 1. The van der Waals surface area contributed by atoms with Crippen molar-refractivity contribution in [1.82, 2.24) is 0 Å². The van der Waals surface area contributed by atoms with E-state index in [-0.39, 0.29) is 29.0 Å². The van der Waals surface area contributed by atoms with Crippen molar-refractivity contribution >= 4 is 24.2 Å². The topological polar surface area (TPSA) is 40.5 Å². The maximum atomic E-state index is 13.4. The second-order valence-corrected chi connectivity index (χ2v) is 4.20. The SMILES string of the molecule is O=C1CC(S)CN1c1c(O)cccc1F. The smallest absolute Gasteiger partial charge is 0.228 e. The van der Waals surface area contributed by atoms with Gasteiger partial charge in [0.15, 0.2) is 5.82 Å². The number of hydrogen-bond acceptors (Lipinski definition) is 3. The van der Waals surface area contributed by atoms with Gasteiger partial charge in [0, 0.05) is 18.2 Å². The van der Waals surface area contributed by atoms with Crippen molar-refractivity contribution in [3.8, 4) is 5.75 Å². The van der Waals surface area contributed by atoms with Gasteiger partial charge in [-0.3, -0.25) is 4.79 Å². The lowest BCUT2D eigenvalue weighted by atomic mass is 10.2. The van der Waals surface area contributed by atoms with Crippen LogP contribution in [0.15, 0.2) is 18.2 Å². The Balaban J connectivity index is 2.41. The highest BCUT2D eigenvalue weighted by Gasteiger charge is 2.31. The summed E-state index contributed by atoms with van der Waals surface area (Å²) in [4.78, 5) is 12.7. The summed E-state index contributed by atoms with van der Waals surface area (Å²) >= 11 is 4.16. The minimum Gasteiger partial charge on any atom is -0.506 e. The van der Waals surface area contributed by atoms with Crippen molar-refractivity contribution in [3.63, 3.8) is 0 Å². The van der Waals surface area contributed by atoms with Gasteiger partial charge in [0.05, 0.1) is 0 Å². The Morgan fingerprint density at radius 1 is 1.53 bits per heavy atom. The van der Waals surface area contributed by atoms with Gasteiger partial charge in [-0.25, -0.2) is 4.39 Å². The second kappa shape index (κ2) is 3.73. The molecule has 1 aromatic rings. The molecule has 1 aliphatic rings. The third kappa shape index (κ3) is 1.79. The van der Waals surface area contributed by atoms with Crippen molar-refractivity contribution in [1.29, 1.82) is 0 Å². The van der Waals surface area contributed by atoms with Gasteiger partial charge in [-0.2, -0.15) is 12.6 Å². The molecule has 1 aromatic carbocycles. The van der Waals surface area contributed by atoms with E-state index in [1.54, 1.807) is 0 Å². The molecule has 1 N–H and O–H groups in total. The van der Waals surface area contributed by atoms with E-state index < -0.39 is 5.82 Å². The van der Waals surface area contributed by atoms with Crippen molar-refractivity contribution in [2.24, 2.45) is 0 Å². The molecule has 1 heterocycles. The van der Waals surface area contributed by atoms with Gasteiger partial charge in [0.2, 0.25) is 5.91 Å². The number of para-hydroxylation sites is 1. The van der Waals surface area contributed by atoms with Crippen LogP contribution in [0.5, 0.6) is 5.75 Å². The predicted molar refractivity (Wildman–Crippen MR) is 57.8 cm³/mol. The molecule has 1 saturated heterocycles. The summed E-state index contributed by atoms with van der Waals surface area (Å²) in [7, 11) is 0. The summed E-state index contributed by atoms with van der Waals surface area (Å²) in [6.45, 7) is 0.330. The Morgan fingerprint density at radius 2 is 2.27 bits per heavy atom. The average Bonchev–Trinajstić information content (AvgIpc) is 2.45. The number of aromatic hydroxyl groups is 1. The summed E-state index contributed by atoms with van der Waals surface area (Å²) in [5, 5.41) is 9.40. The second-order valence-electron chi connectivity index (χ2n) is 3.47. The van der Waals surface area contributed by atoms with Crippen LogP contribution < -0.4 is 4.90 Å². The molecule has 0 spiro atoms. The molecule has 15 heavy (non-hydrogen) atoms. The lowest BCUT2D eigenvalue weighted by molar-refractivity contribution is -0.117. The molecule has 1 aliphatic heterocycles. The molecule has 80 valence electrons. The summed E-state index contributed by atoms with van der Waals surface area (Å²) in [6, 6.07) is 3.97. The number of rotatable bonds is 1. The number of amides is 1. The standard InChI is InChI=1S/C10H10FNO2S/c11-7-2-1-3-8(13)10(7)12-5-6(15)4-9(12)14/h1-3,6,13,15H,4-5H2. The summed E-state index contributed by atoms with van der Waals surface area (Å²) in [6.07, 6.45) is 0.275. The van der Waals surface area contributed by atoms with Gasteiger partial charge >= 0.3 is 0 Å². The molecular formula is C10H10FNO2S. The molecule has 0 saturated carbocycles. The lowest BCUT2D eigenvalue weighted by Gasteiger charge is -2.17. The molecule has 5 heteroatoms. The number of hydrogen-bond donors (Lipinski definition) is 2. The summed E-state index contributed by atoms with van der Waals surface area (Å²) < 4.78 is 13.4. The van der Waals surface area contributed by atoms with Crippen LogP contribution >= 0.6 is 12.6 Å². The van der Waals surface area contributed by atoms with Crippen LogP contribution in [0.4, 0.5) is 10.1 Å². The fourth-order valence-corrected chi connectivity index (χ4v) is 2.00. The molecule has 0 radical (unpaired) electrons. The van der Waals surface area contributed by atoms with Crippen LogP contribution in [0.1, 0.15) is 6.42 Å². The van der Waals surface area contributed by atoms with Crippen LogP contribution in [-0.4, -0.2) is 22.8 Å². The zero-order valence-electron chi connectivity index (χ0n) is 7.85. The van der Waals surface area contributed by atoms with Gasteiger partial charge in [-0.05, 0) is 12.1 Å². The minimum atomic E-state index is -0.592. The van der Waals surface area contributed by atoms with E-state index in [0.717, 1.165) is 0 Å². The first kappa shape index (κ1) is 10.3. The molecule has 0 aromatic heterocycles. The molecule has 0 bridgehead atoms. The highest BCUT2D eigenvalue weighted by atomic mass is 32.1. The first-order chi connectivity index (χ1) is 7.09. The number of halogens is 1. The quantitative estimate of drug-likeness (QED) is 0.715. The molecule has 1 amide bonds. The van der Waals surface area contributed by atoms with Crippen LogP contribution in [-0.2, 0) is 4.79 Å². The highest BCUT2D eigenvalue weighted by molar-refractivity contribution is 7.81. The van der Waals surface area contributed by atoms with E-state index in [9.17, 15) is 14.3 Å². The molecule has 1 unspecified atom stereocenters. The van der Waals surface area contributed by atoms with E-state index >= 15 is 0 Å². The maximum absolute atomic E-state index is 13.4. The number of anilines is 1. The third-order valence-corrected chi connectivity index (χ3v) is 2.69. The Kier molecular flexibility index (Phi) is 2.56. The average molecular weight is 227 g/mol. The van der Waals surface area contributed by atoms with Crippen molar-refractivity contribution in [2.75, 3.05) is 11.4 Å². The van der Waals surface area contributed by atoms with Gasteiger partial charge in [-0.15, -0.1) is 0 Å². The summed E-state index contributed by atoms with van der Waals surface area (Å²) in [5.41, 5.74) is -0.0425.